The highest BCUT2D eigenvalue weighted by Crippen LogP contribution is 2.22. The molecule has 5 nitrogen and oxygen atoms in total. The van der Waals surface area contributed by atoms with Crippen molar-refractivity contribution in [2.75, 3.05) is 13.7 Å². The number of aromatic nitrogens is 1. The van der Waals surface area contributed by atoms with Crippen molar-refractivity contribution in [3.8, 4) is 0 Å². The third kappa shape index (κ3) is 4.35. The van der Waals surface area contributed by atoms with Gasteiger partial charge < -0.3 is 13.9 Å². The molecular formula is C14H23NO4. The normalized spacial score (nSPS) is 12.7. The lowest BCUT2D eigenvalue weighted by molar-refractivity contribution is 0.0485. The predicted molar refractivity (Wildman–Crippen MR) is 71.3 cm³/mol. The highest BCUT2D eigenvalue weighted by molar-refractivity contribution is 5.87. The molecule has 1 aromatic rings. The molecule has 1 atom stereocenters. The summed E-state index contributed by atoms with van der Waals surface area (Å²) in [6.45, 7) is 8.03. The molecule has 0 N–H and O–H groups in total. The molecule has 0 spiro atoms. The zero-order chi connectivity index (χ0) is 14.4. The van der Waals surface area contributed by atoms with E-state index < -0.39 is 5.97 Å². The Hall–Kier alpha value is -1.36. The van der Waals surface area contributed by atoms with Crippen molar-refractivity contribution in [2.45, 2.75) is 52.6 Å². The first-order valence-corrected chi connectivity index (χ1v) is 6.69. The second-order valence-electron chi connectivity index (χ2n) is 4.78. The quantitative estimate of drug-likeness (QED) is 0.712. The minimum absolute atomic E-state index is 0.122. The van der Waals surface area contributed by atoms with E-state index in [1.807, 2.05) is 20.8 Å². The molecule has 1 aromatic heterocycles. The molecule has 0 amide bonds. The second-order valence-corrected chi connectivity index (χ2v) is 4.78. The molecule has 0 aromatic carbocycles. The lowest BCUT2D eigenvalue weighted by Crippen LogP contribution is -2.07. The second kappa shape index (κ2) is 7.28. The molecule has 0 aliphatic rings. The Labute approximate surface area is 114 Å². The third-order valence-corrected chi connectivity index (χ3v) is 2.87. The molecule has 0 aliphatic heterocycles. The minimum Gasteiger partial charge on any atom is -0.460 e. The van der Waals surface area contributed by atoms with Gasteiger partial charge in [-0.05, 0) is 26.2 Å². The van der Waals surface area contributed by atoms with Crippen molar-refractivity contribution in [1.29, 1.82) is 0 Å². The van der Waals surface area contributed by atoms with Gasteiger partial charge in [0.05, 0.1) is 18.4 Å². The minimum atomic E-state index is -0.440. The van der Waals surface area contributed by atoms with Gasteiger partial charge in [0.1, 0.15) is 0 Å². The molecule has 0 saturated heterocycles. The van der Waals surface area contributed by atoms with E-state index in [1.54, 1.807) is 14.0 Å². The molecule has 0 aliphatic carbocycles. The van der Waals surface area contributed by atoms with E-state index in [0.717, 1.165) is 6.42 Å². The van der Waals surface area contributed by atoms with Crippen LogP contribution in [0.5, 0.6) is 0 Å². The van der Waals surface area contributed by atoms with Crippen LogP contribution in [-0.4, -0.2) is 30.8 Å². The number of oxazole rings is 1. The Morgan fingerprint density at radius 1 is 1.37 bits per heavy atom. The van der Waals surface area contributed by atoms with Crippen LogP contribution in [-0.2, 0) is 15.9 Å². The van der Waals surface area contributed by atoms with Crippen molar-refractivity contribution in [1.82, 2.24) is 4.98 Å². The maximum absolute atomic E-state index is 11.8. The van der Waals surface area contributed by atoms with Gasteiger partial charge in [-0.25, -0.2) is 9.78 Å². The van der Waals surface area contributed by atoms with E-state index in [9.17, 15) is 4.79 Å². The molecule has 1 rings (SSSR count). The highest BCUT2D eigenvalue weighted by Gasteiger charge is 2.23. The largest absolute Gasteiger partial charge is 0.460 e. The number of methoxy groups -OCH3 is 1. The fourth-order valence-electron chi connectivity index (χ4n) is 1.66. The van der Waals surface area contributed by atoms with Gasteiger partial charge in [0, 0.05) is 13.5 Å². The zero-order valence-corrected chi connectivity index (χ0v) is 12.4. The monoisotopic (exact) mass is 269 g/mol. The van der Waals surface area contributed by atoms with Crippen LogP contribution in [0, 0.1) is 0 Å². The third-order valence-electron chi connectivity index (χ3n) is 2.87. The summed E-state index contributed by atoms with van der Waals surface area (Å²) in [6.07, 6.45) is 1.59. The first-order chi connectivity index (χ1) is 8.99. The number of hydrogen-bond donors (Lipinski definition) is 0. The number of ether oxygens (including phenoxy) is 2. The Morgan fingerprint density at radius 2 is 2.05 bits per heavy atom. The number of rotatable bonds is 7. The fraction of sp³-hybridized carbons (Fsp3) is 0.714. The molecule has 1 unspecified atom stereocenters. The van der Waals surface area contributed by atoms with E-state index in [4.69, 9.17) is 13.9 Å². The number of esters is 1. The van der Waals surface area contributed by atoms with Crippen molar-refractivity contribution in [3.63, 3.8) is 0 Å². The van der Waals surface area contributed by atoms with Gasteiger partial charge in [-0.1, -0.05) is 13.8 Å². The van der Waals surface area contributed by atoms with Crippen LogP contribution in [0.1, 0.15) is 62.2 Å². The van der Waals surface area contributed by atoms with Crippen LogP contribution in [0.25, 0.3) is 0 Å². The predicted octanol–water partition coefficient (Wildman–Crippen LogP) is 2.94. The Bertz CT molecular complexity index is 412. The Balaban J connectivity index is 2.85. The average Bonchev–Trinajstić information content (AvgIpc) is 2.80. The molecule has 0 saturated carbocycles. The fourth-order valence-corrected chi connectivity index (χ4v) is 1.66. The lowest BCUT2D eigenvalue weighted by atomic mass is 10.1. The van der Waals surface area contributed by atoms with E-state index in [-0.39, 0.29) is 17.8 Å². The standard InChI is InChI=1S/C14H23NO4/c1-6-18-14(16)13-12(9(2)3)15-11(19-13)8-7-10(4)17-5/h9-10H,6-8H2,1-5H3. The summed E-state index contributed by atoms with van der Waals surface area (Å²) in [4.78, 5) is 16.2. The van der Waals surface area contributed by atoms with Gasteiger partial charge in [-0.2, -0.15) is 0 Å². The van der Waals surface area contributed by atoms with Crippen LogP contribution < -0.4 is 0 Å². The van der Waals surface area contributed by atoms with Crippen molar-refractivity contribution < 1.29 is 18.7 Å². The SMILES string of the molecule is CCOC(=O)c1oc(CCC(C)OC)nc1C(C)C. The summed E-state index contributed by atoms with van der Waals surface area (Å²) in [6, 6.07) is 0. The van der Waals surface area contributed by atoms with Gasteiger partial charge in [0.25, 0.3) is 0 Å². The Morgan fingerprint density at radius 3 is 2.58 bits per heavy atom. The first-order valence-electron chi connectivity index (χ1n) is 6.69. The molecule has 108 valence electrons. The summed E-state index contributed by atoms with van der Waals surface area (Å²) in [5.74, 6) is 0.481. The summed E-state index contributed by atoms with van der Waals surface area (Å²) in [5, 5.41) is 0. The maximum Gasteiger partial charge on any atom is 0.376 e. The van der Waals surface area contributed by atoms with Gasteiger partial charge in [0.2, 0.25) is 5.76 Å². The number of aryl methyl sites for hydroxylation is 1. The van der Waals surface area contributed by atoms with Crippen LogP contribution in [0.2, 0.25) is 0 Å². The number of hydrogen-bond acceptors (Lipinski definition) is 5. The van der Waals surface area contributed by atoms with E-state index in [0.29, 0.717) is 24.6 Å². The van der Waals surface area contributed by atoms with Crippen LogP contribution >= 0.6 is 0 Å². The summed E-state index contributed by atoms with van der Waals surface area (Å²) >= 11 is 0. The van der Waals surface area contributed by atoms with Crippen molar-refractivity contribution in [3.05, 3.63) is 17.3 Å². The molecular weight excluding hydrogens is 246 g/mol. The topological polar surface area (TPSA) is 61.6 Å². The number of nitrogens with zero attached hydrogens (tertiary/aromatic N) is 1. The lowest BCUT2D eigenvalue weighted by Gasteiger charge is -2.06. The molecule has 5 heteroatoms. The molecule has 0 radical (unpaired) electrons. The molecule has 19 heavy (non-hydrogen) atoms. The van der Waals surface area contributed by atoms with Crippen LogP contribution in [0.3, 0.4) is 0 Å². The Kier molecular flexibility index (Phi) is 6.02. The van der Waals surface area contributed by atoms with Crippen LogP contribution in [0.4, 0.5) is 0 Å². The maximum atomic E-state index is 11.8. The average molecular weight is 269 g/mol. The van der Waals surface area contributed by atoms with Crippen molar-refractivity contribution >= 4 is 5.97 Å². The molecule has 0 bridgehead atoms. The highest BCUT2D eigenvalue weighted by atomic mass is 16.5. The van der Waals surface area contributed by atoms with Gasteiger partial charge >= 0.3 is 5.97 Å². The number of carbonyl (C=O) groups excluding carboxylic acids is 1. The molecule has 0 fully saturated rings. The number of carbonyl (C=O) groups is 1. The summed E-state index contributed by atoms with van der Waals surface area (Å²) in [5.41, 5.74) is 0.665. The summed E-state index contributed by atoms with van der Waals surface area (Å²) < 4.78 is 15.7. The van der Waals surface area contributed by atoms with Crippen molar-refractivity contribution in [2.24, 2.45) is 0 Å². The van der Waals surface area contributed by atoms with E-state index in [2.05, 4.69) is 4.98 Å². The summed E-state index contributed by atoms with van der Waals surface area (Å²) in [7, 11) is 1.67. The van der Waals surface area contributed by atoms with E-state index >= 15 is 0 Å². The van der Waals surface area contributed by atoms with E-state index in [1.165, 1.54) is 0 Å². The van der Waals surface area contributed by atoms with Gasteiger partial charge in [-0.15, -0.1) is 0 Å². The zero-order valence-electron chi connectivity index (χ0n) is 12.4. The molecule has 1 heterocycles. The van der Waals surface area contributed by atoms with Gasteiger partial charge in [0.15, 0.2) is 5.89 Å². The van der Waals surface area contributed by atoms with Crippen LogP contribution in [0.15, 0.2) is 4.42 Å². The smallest absolute Gasteiger partial charge is 0.376 e. The first kappa shape index (κ1) is 15.7. The van der Waals surface area contributed by atoms with Gasteiger partial charge in [-0.3, -0.25) is 0 Å².